The lowest BCUT2D eigenvalue weighted by atomic mass is 9.92. The molecule has 286 valence electrons. The van der Waals surface area contributed by atoms with Gasteiger partial charge in [0.2, 0.25) is 0 Å². The molecule has 4 heteroatoms. The van der Waals surface area contributed by atoms with Gasteiger partial charge in [0.1, 0.15) is 17.0 Å². The van der Waals surface area contributed by atoms with Crippen LogP contribution in [-0.4, -0.2) is 9.55 Å². The van der Waals surface area contributed by atoms with Gasteiger partial charge >= 0.3 is 0 Å². The molecule has 0 unspecified atom stereocenters. The van der Waals surface area contributed by atoms with Crippen LogP contribution in [0.25, 0.3) is 93.6 Å². The highest BCUT2D eigenvalue weighted by molar-refractivity contribution is 6.11. The Morgan fingerprint density at radius 1 is 0.361 bits per heavy atom. The molecule has 3 aromatic heterocycles. The van der Waals surface area contributed by atoms with Gasteiger partial charge in [0.15, 0.2) is 0 Å². The molecule has 0 saturated carbocycles. The molecule has 0 bridgehead atoms. The van der Waals surface area contributed by atoms with E-state index in [9.17, 15) is 0 Å². The average molecular weight is 780 g/mol. The normalized spacial score (nSPS) is 11.6. The summed E-state index contributed by atoms with van der Waals surface area (Å²) < 4.78 is 8.61. The third kappa shape index (κ3) is 6.04. The van der Waals surface area contributed by atoms with Crippen LogP contribution in [0.4, 0.5) is 17.2 Å². The van der Waals surface area contributed by atoms with E-state index in [1.807, 2.05) is 18.3 Å². The lowest BCUT2D eigenvalue weighted by molar-refractivity contribution is 0.669. The number of furan rings is 1. The SMILES string of the molecule is c1ccc(N(c2ccc3ccccc3c2)c2ccc(-c3cc(-c4ccc5oc6ccccc6c5c4)cc(-c4ccc5c(c4)c4ccccc4n5-c4ccccc4)c3)cn2)cc1. The molecule has 4 nitrogen and oxygen atoms in total. The molecule has 0 N–H and O–H groups in total. The number of nitrogens with zero attached hydrogens (tertiary/aromatic N) is 3. The Balaban J connectivity index is 1.02. The Morgan fingerprint density at radius 3 is 1.75 bits per heavy atom. The molecule has 0 radical (unpaired) electrons. The molecule has 0 fully saturated rings. The maximum absolute atomic E-state index is 6.24. The van der Waals surface area contributed by atoms with Crippen molar-refractivity contribution in [3.63, 3.8) is 0 Å². The lowest BCUT2D eigenvalue weighted by Gasteiger charge is -2.25. The summed E-state index contributed by atoms with van der Waals surface area (Å²) >= 11 is 0. The Labute approximate surface area is 352 Å². The summed E-state index contributed by atoms with van der Waals surface area (Å²) in [6.45, 7) is 0. The fourth-order valence-electron chi connectivity index (χ4n) is 9.04. The first kappa shape index (κ1) is 34.8. The van der Waals surface area contributed by atoms with Gasteiger partial charge < -0.3 is 8.98 Å². The second-order valence-corrected chi connectivity index (χ2v) is 15.6. The summed E-state index contributed by atoms with van der Waals surface area (Å²) in [5, 5.41) is 7.06. The highest BCUT2D eigenvalue weighted by Gasteiger charge is 2.18. The van der Waals surface area contributed by atoms with Crippen LogP contribution in [0.3, 0.4) is 0 Å². The van der Waals surface area contributed by atoms with Crippen molar-refractivity contribution in [3.8, 4) is 39.1 Å². The van der Waals surface area contributed by atoms with Crippen molar-refractivity contribution in [2.75, 3.05) is 4.90 Å². The summed E-state index contributed by atoms with van der Waals surface area (Å²) in [5.41, 5.74) is 14.1. The molecular weight excluding hydrogens is 743 g/mol. The van der Waals surface area contributed by atoms with Crippen LogP contribution in [-0.2, 0) is 0 Å². The molecule has 0 amide bonds. The van der Waals surface area contributed by atoms with Crippen molar-refractivity contribution in [1.29, 1.82) is 0 Å². The van der Waals surface area contributed by atoms with Gasteiger partial charge in [-0.2, -0.15) is 0 Å². The van der Waals surface area contributed by atoms with Crippen LogP contribution in [0, 0.1) is 0 Å². The van der Waals surface area contributed by atoms with Gasteiger partial charge in [0.25, 0.3) is 0 Å². The number of benzene rings is 9. The smallest absolute Gasteiger partial charge is 0.137 e. The molecule has 0 aliphatic carbocycles. The van der Waals surface area contributed by atoms with Crippen LogP contribution in [0.5, 0.6) is 0 Å². The summed E-state index contributed by atoms with van der Waals surface area (Å²) in [5.74, 6) is 0.846. The van der Waals surface area contributed by atoms with Crippen molar-refractivity contribution in [2.45, 2.75) is 0 Å². The third-order valence-corrected chi connectivity index (χ3v) is 12.0. The van der Waals surface area contributed by atoms with Crippen molar-refractivity contribution in [3.05, 3.63) is 225 Å². The molecule has 0 atom stereocenters. The minimum Gasteiger partial charge on any atom is -0.456 e. The van der Waals surface area contributed by atoms with Gasteiger partial charge in [-0.3, -0.25) is 4.90 Å². The maximum Gasteiger partial charge on any atom is 0.137 e. The van der Waals surface area contributed by atoms with Crippen LogP contribution in [0.2, 0.25) is 0 Å². The van der Waals surface area contributed by atoms with E-state index in [1.165, 1.54) is 32.6 Å². The summed E-state index contributed by atoms with van der Waals surface area (Å²) in [7, 11) is 0. The molecule has 12 rings (SSSR count). The van der Waals surface area contributed by atoms with E-state index in [0.29, 0.717) is 0 Å². The second kappa shape index (κ2) is 14.3. The number of rotatable bonds is 7. The van der Waals surface area contributed by atoms with Crippen LogP contribution in [0.15, 0.2) is 229 Å². The number of aromatic nitrogens is 2. The van der Waals surface area contributed by atoms with Crippen molar-refractivity contribution in [1.82, 2.24) is 9.55 Å². The van der Waals surface area contributed by atoms with Gasteiger partial charge in [-0.1, -0.05) is 115 Å². The fourth-order valence-corrected chi connectivity index (χ4v) is 9.04. The first-order chi connectivity index (χ1) is 30.2. The molecule has 3 heterocycles. The number of hydrogen-bond acceptors (Lipinski definition) is 3. The zero-order valence-electron chi connectivity index (χ0n) is 33.1. The fraction of sp³-hybridized carbons (Fsp3) is 0. The quantitative estimate of drug-likeness (QED) is 0.162. The molecule has 0 saturated heterocycles. The number of para-hydroxylation sites is 4. The Bertz CT molecular complexity index is 3590. The Kier molecular flexibility index (Phi) is 8.13. The molecule has 0 aliphatic rings. The first-order valence-corrected chi connectivity index (χ1v) is 20.7. The van der Waals surface area contributed by atoms with E-state index >= 15 is 0 Å². The number of fused-ring (bicyclic) bond motifs is 7. The van der Waals surface area contributed by atoms with E-state index < -0.39 is 0 Å². The van der Waals surface area contributed by atoms with Gasteiger partial charge in [-0.15, -0.1) is 0 Å². The lowest BCUT2D eigenvalue weighted by Crippen LogP contribution is -2.11. The van der Waals surface area contributed by atoms with Crippen LogP contribution < -0.4 is 4.90 Å². The molecular formula is C57H37N3O. The third-order valence-electron chi connectivity index (χ3n) is 12.0. The first-order valence-electron chi connectivity index (χ1n) is 20.7. The van der Waals surface area contributed by atoms with E-state index in [4.69, 9.17) is 9.40 Å². The zero-order valence-corrected chi connectivity index (χ0v) is 33.1. The van der Waals surface area contributed by atoms with Crippen molar-refractivity contribution < 1.29 is 4.42 Å². The second-order valence-electron chi connectivity index (χ2n) is 15.6. The molecule has 9 aromatic carbocycles. The number of anilines is 3. The van der Waals surface area contributed by atoms with E-state index in [2.05, 4.69) is 216 Å². The van der Waals surface area contributed by atoms with Crippen LogP contribution >= 0.6 is 0 Å². The predicted molar refractivity (Wildman–Crippen MR) is 254 cm³/mol. The topological polar surface area (TPSA) is 34.2 Å². The van der Waals surface area contributed by atoms with E-state index in [0.717, 1.165) is 78.2 Å². The summed E-state index contributed by atoms with van der Waals surface area (Å²) in [4.78, 5) is 7.40. The molecule has 0 aliphatic heterocycles. The zero-order chi connectivity index (χ0) is 40.3. The molecule has 0 spiro atoms. The summed E-state index contributed by atoms with van der Waals surface area (Å²) in [6.07, 6.45) is 2.01. The van der Waals surface area contributed by atoms with Gasteiger partial charge in [0.05, 0.1) is 11.0 Å². The van der Waals surface area contributed by atoms with Crippen molar-refractivity contribution in [2.24, 2.45) is 0 Å². The Morgan fingerprint density at radius 2 is 0.967 bits per heavy atom. The largest absolute Gasteiger partial charge is 0.456 e. The highest BCUT2D eigenvalue weighted by atomic mass is 16.3. The number of hydrogen-bond donors (Lipinski definition) is 0. The number of pyridine rings is 1. The minimum absolute atomic E-state index is 0.846. The van der Waals surface area contributed by atoms with Crippen molar-refractivity contribution >= 4 is 71.7 Å². The molecule has 12 aromatic rings. The highest BCUT2D eigenvalue weighted by Crippen LogP contribution is 2.41. The average Bonchev–Trinajstić information content (AvgIpc) is 3.87. The Hall–Kier alpha value is -8.21. The maximum atomic E-state index is 6.24. The van der Waals surface area contributed by atoms with Gasteiger partial charge in [-0.25, -0.2) is 4.98 Å². The van der Waals surface area contributed by atoms with E-state index in [-0.39, 0.29) is 0 Å². The standard InChI is InChI=1S/C57H37N3O/c1-3-15-46(16-4-1)59(48-27-23-38-13-7-8-14-39(38)34-48)57-30-26-42(37-58-57)45-32-43(31-44(33-45)41-25-29-56-52(36-41)50-20-10-12-22-55(50)61-56)40-24-28-54-51(35-40)49-19-9-11-21-53(49)60(54)47-17-5-2-6-18-47/h1-37H. The van der Waals surface area contributed by atoms with Crippen LogP contribution in [0.1, 0.15) is 0 Å². The molecule has 61 heavy (non-hydrogen) atoms. The van der Waals surface area contributed by atoms with Gasteiger partial charge in [0, 0.05) is 50.4 Å². The minimum atomic E-state index is 0.846. The monoisotopic (exact) mass is 779 g/mol. The van der Waals surface area contributed by atoms with Gasteiger partial charge in [-0.05, 0) is 142 Å². The van der Waals surface area contributed by atoms with E-state index in [1.54, 1.807) is 0 Å². The predicted octanol–water partition coefficient (Wildman–Crippen LogP) is 15.7. The summed E-state index contributed by atoms with van der Waals surface area (Å²) in [6, 6.07) is 77.8.